The Bertz CT molecular complexity index is 734. The molecule has 1 aromatic carbocycles. The fourth-order valence-corrected chi connectivity index (χ4v) is 2.94. The predicted molar refractivity (Wildman–Crippen MR) is 91.1 cm³/mol. The minimum Gasteiger partial charge on any atom is -0.496 e. The highest BCUT2D eigenvalue weighted by molar-refractivity contribution is 5.42. The number of aromatic nitrogens is 1. The van der Waals surface area contributed by atoms with Gasteiger partial charge in [-0.1, -0.05) is 12.1 Å². The normalized spacial score (nSPS) is 14.8. The number of pyridine rings is 1. The molecule has 3 rings (SSSR count). The summed E-state index contributed by atoms with van der Waals surface area (Å²) in [7, 11) is 1.59. The molecule has 1 saturated heterocycles. The number of rotatable bonds is 5. The standard InChI is InChI=1S/C19H21N3O2/c1-23-18-11-14(12-20)5-6-16(18)13-24-19-4-2-3-17(22-19)15-7-9-21-10-8-15/h2-6,11,15,21H,7-10,13H2,1H3. The van der Waals surface area contributed by atoms with E-state index in [1.807, 2.05) is 18.2 Å². The second kappa shape index (κ2) is 7.80. The van der Waals surface area contributed by atoms with Crippen LogP contribution in [0.2, 0.25) is 0 Å². The molecule has 124 valence electrons. The smallest absolute Gasteiger partial charge is 0.213 e. The maximum absolute atomic E-state index is 8.96. The lowest BCUT2D eigenvalue weighted by molar-refractivity contribution is 0.283. The summed E-state index contributed by atoms with van der Waals surface area (Å²) in [6.07, 6.45) is 2.22. The van der Waals surface area contributed by atoms with Gasteiger partial charge in [-0.3, -0.25) is 0 Å². The summed E-state index contributed by atoms with van der Waals surface area (Å²) >= 11 is 0. The molecule has 0 amide bonds. The van der Waals surface area contributed by atoms with Gasteiger partial charge in [0.05, 0.1) is 18.7 Å². The van der Waals surface area contributed by atoms with Crippen molar-refractivity contribution in [2.45, 2.75) is 25.4 Å². The molecule has 0 atom stereocenters. The van der Waals surface area contributed by atoms with Crippen LogP contribution in [0.4, 0.5) is 0 Å². The minimum atomic E-state index is 0.359. The van der Waals surface area contributed by atoms with Crippen molar-refractivity contribution in [2.75, 3.05) is 20.2 Å². The first-order chi connectivity index (χ1) is 11.8. The van der Waals surface area contributed by atoms with E-state index in [0.717, 1.165) is 37.2 Å². The Morgan fingerprint density at radius 2 is 2.08 bits per heavy atom. The van der Waals surface area contributed by atoms with Gasteiger partial charge in [-0.25, -0.2) is 4.98 Å². The summed E-state index contributed by atoms with van der Waals surface area (Å²) in [6, 6.07) is 13.4. The lowest BCUT2D eigenvalue weighted by Gasteiger charge is -2.22. The van der Waals surface area contributed by atoms with Crippen LogP contribution in [0.25, 0.3) is 0 Å². The number of hydrogen-bond donors (Lipinski definition) is 1. The molecular weight excluding hydrogens is 302 g/mol. The molecule has 1 fully saturated rings. The molecule has 0 saturated carbocycles. The number of nitrogens with one attached hydrogen (secondary N) is 1. The number of benzene rings is 1. The van der Waals surface area contributed by atoms with Crippen LogP contribution in [0, 0.1) is 11.3 Å². The van der Waals surface area contributed by atoms with Crippen molar-refractivity contribution in [1.29, 1.82) is 5.26 Å². The highest BCUT2D eigenvalue weighted by Gasteiger charge is 2.17. The summed E-state index contributed by atoms with van der Waals surface area (Å²) in [4.78, 5) is 4.66. The molecule has 0 bridgehead atoms. The largest absolute Gasteiger partial charge is 0.496 e. The first-order valence-electron chi connectivity index (χ1n) is 8.17. The Morgan fingerprint density at radius 1 is 1.25 bits per heavy atom. The van der Waals surface area contributed by atoms with E-state index in [0.29, 0.717) is 29.7 Å². The molecule has 1 aromatic heterocycles. The van der Waals surface area contributed by atoms with Crippen LogP contribution in [0.3, 0.4) is 0 Å². The van der Waals surface area contributed by atoms with Gasteiger partial charge in [0.25, 0.3) is 0 Å². The first kappa shape index (κ1) is 16.3. The molecule has 1 aliphatic rings. The van der Waals surface area contributed by atoms with Crippen LogP contribution in [0.1, 0.15) is 35.6 Å². The van der Waals surface area contributed by atoms with Gasteiger partial charge < -0.3 is 14.8 Å². The van der Waals surface area contributed by atoms with Gasteiger partial charge in [0.1, 0.15) is 12.4 Å². The molecule has 1 N–H and O–H groups in total. The molecule has 5 heteroatoms. The molecule has 24 heavy (non-hydrogen) atoms. The van der Waals surface area contributed by atoms with Crippen LogP contribution in [0.15, 0.2) is 36.4 Å². The van der Waals surface area contributed by atoms with Crippen molar-refractivity contribution in [3.8, 4) is 17.7 Å². The second-order valence-electron chi connectivity index (χ2n) is 5.85. The summed E-state index contributed by atoms with van der Waals surface area (Å²) in [6.45, 7) is 2.44. The third-order valence-corrected chi connectivity index (χ3v) is 4.29. The van der Waals surface area contributed by atoms with E-state index in [2.05, 4.69) is 22.4 Å². The van der Waals surface area contributed by atoms with Crippen LogP contribution in [0.5, 0.6) is 11.6 Å². The maximum atomic E-state index is 8.96. The summed E-state index contributed by atoms with van der Waals surface area (Å²) in [5, 5.41) is 12.3. The van der Waals surface area contributed by atoms with Crippen molar-refractivity contribution in [3.63, 3.8) is 0 Å². The zero-order chi connectivity index (χ0) is 16.8. The van der Waals surface area contributed by atoms with E-state index in [-0.39, 0.29) is 0 Å². The average molecular weight is 323 g/mol. The SMILES string of the molecule is COc1cc(C#N)ccc1COc1cccc(C2CCNCC2)n1. The molecule has 0 radical (unpaired) electrons. The van der Waals surface area contributed by atoms with E-state index in [1.165, 1.54) is 0 Å². The van der Waals surface area contributed by atoms with E-state index in [4.69, 9.17) is 14.7 Å². The van der Waals surface area contributed by atoms with E-state index in [9.17, 15) is 0 Å². The van der Waals surface area contributed by atoms with E-state index in [1.54, 1.807) is 19.2 Å². The Kier molecular flexibility index (Phi) is 5.29. The molecule has 0 aliphatic carbocycles. The van der Waals surface area contributed by atoms with Gasteiger partial charge in [-0.2, -0.15) is 5.26 Å². The van der Waals surface area contributed by atoms with Gasteiger partial charge in [0.15, 0.2) is 0 Å². The van der Waals surface area contributed by atoms with Gasteiger partial charge >= 0.3 is 0 Å². The molecule has 2 heterocycles. The average Bonchev–Trinajstić information content (AvgIpc) is 2.67. The minimum absolute atomic E-state index is 0.359. The Balaban J connectivity index is 1.69. The van der Waals surface area contributed by atoms with Gasteiger partial charge in [-0.15, -0.1) is 0 Å². The summed E-state index contributed by atoms with van der Waals surface area (Å²) < 4.78 is 11.2. The lowest BCUT2D eigenvalue weighted by Crippen LogP contribution is -2.27. The lowest BCUT2D eigenvalue weighted by atomic mass is 9.94. The van der Waals surface area contributed by atoms with Crippen LogP contribution in [-0.2, 0) is 6.61 Å². The van der Waals surface area contributed by atoms with Crippen molar-refractivity contribution in [1.82, 2.24) is 10.3 Å². The number of ether oxygens (including phenoxy) is 2. The van der Waals surface area contributed by atoms with Crippen LogP contribution in [-0.4, -0.2) is 25.2 Å². The Morgan fingerprint density at radius 3 is 2.83 bits per heavy atom. The Hall–Kier alpha value is -2.58. The summed E-state index contributed by atoms with van der Waals surface area (Å²) in [5.74, 6) is 1.78. The van der Waals surface area contributed by atoms with Crippen molar-refractivity contribution in [3.05, 3.63) is 53.2 Å². The number of piperidine rings is 1. The van der Waals surface area contributed by atoms with Crippen molar-refractivity contribution in [2.24, 2.45) is 0 Å². The Labute approximate surface area is 142 Å². The van der Waals surface area contributed by atoms with Gasteiger partial charge in [0.2, 0.25) is 5.88 Å². The molecule has 5 nitrogen and oxygen atoms in total. The highest BCUT2D eigenvalue weighted by Crippen LogP contribution is 2.26. The quantitative estimate of drug-likeness (QED) is 0.916. The maximum Gasteiger partial charge on any atom is 0.213 e. The van der Waals surface area contributed by atoms with E-state index < -0.39 is 0 Å². The summed E-state index contributed by atoms with van der Waals surface area (Å²) in [5.41, 5.74) is 2.56. The highest BCUT2D eigenvalue weighted by atomic mass is 16.5. The zero-order valence-electron chi connectivity index (χ0n) is 13.8. The van der Waals surface area contributed by atoms with Crippen LogP contribution >= 0.6 is 0 Å². The second-order valence-corrected chi connectivity index (χ2v) is 5.85. The molecule has 0 spiro atoms. The number of hydrogen-bond acceptors (Lipinski definition) is 5. The molecule has 0 unspecified atom stereocenters. The monoisotopic (exact) mass is 323 g/mol. The number of nitrogens with zero attached hydrogens (tertiary/aromatic N) is 2. The molecule has 2 aromatic rings. The zero-order valence-corrected chi connectivity index (χ0v) is 13.8. The topological polar surface area (TPSA) is 67.2 Å². The fraction of sp³-hybridized carbons (Fsp3) is 0.368. The number of methoxy groups -OCH3 is 1. The predicted octanol–water partition coefficient (Wildman–Crippen LogP) is 3.01. The number of nitriles is 1. The van der Waals surface area contributed by atoms with E-state index >= 15 is 0 Å². The molecule has 1 aliphatic heterocycles. The molecular formula is C19H21N3O2. The first-order valence-corrected chi connectivity index (χ1v) is 8.17. The van der Waals surface area contributed by atoms with Gasteiger partial charge in [-0.05, 0) is 44.1 Å². The third kappa shape index (κ3) is 3.84. The third-order valence-electron chi connectivity index (χ3n) is 4.29. The van der Waals surface area contributed by atoms with Crippen LogP contribution < -0.4 is 14.8 Å². The van der Waals surface area contributed by atoms with Crippen molar-refractivity contribution < 1.29 is 9.47 Å². The van der Waals surface area contributed by atoms with Gasteiger partial charge in [0, 0.05) is 23.2 Å². The van der Waals surface area contributed by atoms with Crippen molar-refractivity contribution >= 4 is 0 Å². The fourth-order valence-electron chi connectivity index (χ4n) is 2.94.